The highest BCUT2D eigenvalue weighted by Gasteiger charge is 2.09. The highest BCUT2D eigenvalue weighted by atomic mass is 16.5. The van der Waals surface area contributed by atoms with Gasteiger partial charge in [0, 0.05) is 12.3 Å². The Morgan fingerprint density at radius 2 is 2.33 bits per heavy atom. The van der Waals surface area contributed by atoms with E-state index in [2.05, 4.69) is 9.72 Å². The maximum atomic E-state index is 11.0. The summed E-state index contributed by atoms with van der Waals surface area (Å²) >= 11 is 0. The van der Waals surface area contributed by atoms with E-state index in [-0.39, 0.29) is 6.42 Å². The Kier molecular flexibility index (Phi) is 3.63. The second kappa shape index (κ2) is 4.96. The molecule has 15 heavy (non-hydrogen) atoms. The molecule has 5 nitrogen and oxygen atoms in total. The minimum absolute atomic E-state index is 0.0381. The van der Waals surface area contributed by atoms with Crippen LogP contribution in [0.5, 0.6) is 5.88 Å². The van der Waals surface area contributed by atoms with E-state index in [0.717, 1.165) is 0 Å². The van der Waals surface area contributed by atoms with Crippen molar-refractivity contribution in [3.63, 3.8) is 0 Å². The van der Waals surface area contributed by atoms with Crippen molar-refractivity contribution in [1.29, 1.82) is 5.26 Å². The van der Waals surface area contributed by atoms with E-state index in [4.69, 9.17) is 10.00 Å². The van der Waals surface area contributed by atoms with Gasteiger partial charge in [-0.15, -0.1) is 0 Å². The van der Waals surface area contributed by atoms with Gasteiger partial charge in [-0.1, -0.05) is 0 Å². The molecule has 0 aromatic carbocycles. The molecule has 0 saturated heterocycles. The minimum atomic E-state index is -0.404. The molecule has 0 atom stereocenters. The van der Waals surface area contributed by atoms with E-state index in [9.17, 15) is 4.79 Å². The average Bonchev–Trinajstić information content (AvgIpc) is 2.29. The van der Waals surface area contributed by atoms with Crippen molar-refractivity contribution in [2.75, 3.05) is 14.2 Å². The minimum Gasteiger partial charge on any atom is -0.481 e. The van der Waals surface area contributed by atoms with Crippen molar-refractivity contribution in [3.05, 3.63) is 23.4 Å². The average molecular weight is 206 g/mol. The van der Waals surface area contributed by atoms with Crippen LogP contribution < -0.4 is 4.74 Å². The predicted octanol–water partition coefficient (Wildman–Crippen LogP) is 0.677. The molecule has 1 rings (SSSR count). The van der Waals surface area contributed by atoms with Gasteiger partial charge in [0.2, 0.25) is 5.88 Å². The lowest BCUT2D eigenvalue weighted by Gasteiger charge is -2.04. The van der Waals surface area contributed by atoms with Gasteiger partial charge in [-0.3, -0.25) is 4.79 Å². The van der Waals surface area contributed by atoms with Gasteiger partial charge in [0.25, 0.3) is 0 Å². The van der Waals surface area contributed by atoms with E-state index >= 15 is 0 Å². The van der Waals surface area contributed by atoms with E-state index in [0.29, 0.717) is 17.0 Å². The third-order valence-corrected chi connectivity index (χ3v) is 1.85. The highest BCUT2D eigenvalue weighted by Crippen LogP contribution is 2.14. The molecule has 0 radical (unpaired) electrons. The number of carbonyl (C=O) groups is 1. The van der Waals surface area contributed by atoms with Gasteiger partial charge >= 0.3 is 5.97 Å². The first-order valence-corrected chi connectivity index (χ1v) is 4.21. The maximum Gasteiger partial charge on any atom is 0.310 e. The first-order valence-electron chi connectivity index (χ1n) is 4.21. The number of nitriles is 1. The van der Waals surface area contributed by atoms with Gasteiger partial charge in [0.15, 0.2) is 0 Å². The monoisotopic (exact) mass is 206 g/mol. The lowest BCUT2D eigenvalue weighted by atomic mass is 10.1. The number of hydrogen-bond acceptors (Lipinski definition) is 5. The van der Waals surface area contributed by atoms with Gasteiger partial charge in [-0.2, -0.15) is 5.26 Å². The van der Waals surface area contributed by atoms with Crippen LogP contribution in [0.1, 0.15) is 11.1 Å². The molecule has 0 unspecified atom stereocenters. The molecule has 1 aromatic heterocycles. The standard InChI is InChI=1S/C10H10N2O3/c1-14-9-3-7(5-11)8(6-12-9)4-10(13)15-2/h3,6H,4H2,1-2H3. The number of aromatic nitrogens is 1. The Morgan fingerprint density at radius 1 is 1.60 bits per heavy atom. The van der Waals surface area contributed by atoms with Crippen LogP contribution in [0.3, 0.4) is 0 Å². The third-order valence-electron chi connectivity index (χ3n) is 1.85. The van der Waals surface area contributed by atoms with Crippen molar-refractivity contribution in [3.8, 4) is 11.9 Å². The van der Waals surface area contributed by atoms with Gasteiger partial charge in [-0.05, 0) is 5.56 Å². The molecule has 0 spiro atoms. The van der Waals surface area contributed by atoms with Crippen molar-refractivity contribution in [2.24, 2.45) is 0 Å². The fourth-order valence-corrected chi connectivity index (χ4v) is 1.05. The molecule has 0 aliphatic carbocycles. The molecule has 0 saturated carbocycles. The Hall–Kier alpha value is -2.09. The van der Waals surface area contributed by atoms with Crippen LogP contribution in [-0.4, -0.2) is 25.2 Å². The molecule has 1 heterocycles. The smallest absolute Gasteiger partial charge is 0.310 e. The Balaban J connectivity index is 2.99. The Bertz CT molecular complexity index is 410. The van der Waals surface area contributed by atoms with E-state index < -0.39 is 5.97 Å². The molecule has 1 aromatic rings. The van der Waals surface area contributed by atoms with Crippen LogP contribution in [0.4, 0.5) is 0 Å². The number of methoxy groups -OCH3 is 2. The second-order valence-electron chi connectivity index (χ2n) is 2.75. The summed E-state index contributed by atoms with van der Waals surface area (Å²) < 4.78 is 9.37. The largest absolute Gasteiger partial charge is 0.481 e. The summed E-state index contributed by atoms with van der Waals surface area (Å²) in [4.78, 5) is 14.9. The van der Waals surface area contributed by atoms with Crippen LogP contribution >= 0.6 is 0 Å². The molecule has 0 bridgehead atoms. The Morgan fingerprint density at radius 3 is 2.87 bits per heavy atom. The third kappa shape index (κ3) is 2.68. The molecular weight excluding hydrogens is 196 g/mol. The lowest BCUT2D eigenvalue weighted by molar-refractivity contribution is -0.139. The normalized spacial score (nSPS) is 9.13. The first-order chi connectivity index (χ1) is 7.21. The van der Waals surface area contributed by atoms with Crippen molar-refractivity contribution < 1.29 is 14.3 Å². The Labute approximate surface area is 87.3 Å². The van der Waals surface area contributed by atoms with Gasteiger partial charge in [0.1, 0.15) is 0 Å². The molecular formula is C10H10N2O3. The molecule has 5 heteroatoms. The maximum absolute atomic E-state index is 11.0. The topological polar surface area (TPSA) is 72.2 Å². The lowest BCUT2D eigenvalue weighted by Crippen LogP contribution is -2.06. The van der Waals surface area contributed by atoms with Gasteiger partial charge in [-0.25, -0.2) is 4.98 Å². The number of nitrogens with zero attached hydrogens (tertiary/aromatic N) is 2. The zero-order chi connectivity index (χ0) is 11.3. The number of ether oxygens (including phenoxy) is 2. The summed E-state index contributed by atoms with van der Waals surface area (Å²) in [5.74, 6) is -0.0568. The first kappa shape index (κ1) is 11.0. The van der Waals surface area contributed by atoms with Crippen molar-refractivity contribution in [1.82, 2.24) is 4.98 Å². The highest BCUT2D eigenvalue weighted by molar-refractivity contribution is 5.73. The zero-order valence-electron chi connectivity index (χ0n) is 8.48. The van der Waals surface area contributed by atoms with Crippen LogP contribution in [0.25, 0.3) is 0 Å². The van der Waals surface area contributed by atoms with E-state index in [1.807, 2.05) is 6.07 Å². The SMILES string of the molecule is COC(=O)Cc1cnc(OC)cc1C#N. The number of pyridine rings is 1. The van der Waals surface area contributed by atoms with Gasteiger partial charge < -0.3 is 9.47 Å². The summed E-state index contributed by atoms with van der Waals surface area (Å²) in [6.07, 6.45) is 1.48. The zero-order valence-corrected chi connectivity index (χ0v) is 8.48. The van der Waals surface area contributed by atoms with E-state index in [1.54, 1.807) is 0 Å². The fraction of sp³-hybridized carbons (Fsp3) is 0.300. The molecule has 0 aliphatic heterocycles. The van der Waals surface area contributed by atoms with E-state index in [1.165, 1.54) is 26.5 Å². The van der Waals surface area contributed by atoms with Crippen molar-refractivity contribution in [2.45, 2.75) is 6.42 Å². The number of hydrogen-bond donors (Lipinski definition) is 0. The summed E-state index contributed by atoms with van der Waals surface area (Å²) in [5, 5.41) is 8.84. The van der Waals surface area contributed by atoms with Crippen LogP contribution in [-0.2, 0) is 16.0 Å². The van der Waals surface area contributed by atoms with Crippen LogP contribution in [0.2, 0.25) is 0 Å². The van der Waals surface area contributed by atoms with Crippen LogP contribution in [0, 0.1) is 11.3 Å². The van der Waals surface area contributed by atoms with Crippen LogP contribution in [0.15, 0.2) is 12.3 Å². The molecule has 0 amide bonds. The second-order valence-corrected chi connectivity index (χ2v) is 2.75. The summed E-state index contributed by atoms with van der Waals surface area (Å²) in [5.41, 5.74) is 0.900. The van der Waals surface area contributed by atoms with Crippen molar-refractivity contribution >= 4 is 5.97 Å². The quantitative estimate of drug-likeness (QED) is 0.680. The predicted molar refractivity (Wildman–Crippen MR) is 51.2 cm³/mol. The number of esters is 1. The fourth-order valence-electron chi connectivity index (χ4n) is 1.05. The van der Waals surface area contributed by atoms with Gasteiger partial charge in [0.05, 0.1) is 32.3 Å². The number of rotatable bonds is 3. The summed E-state index contributed by atoms with van der Waals surface area (Å²) in [6, 6.07) is 3.46. The molecule has 0 N–H and O–H groups in total. The molecule has 0 aliphatic rings. The molecule has 78 valence electrons. The number of carbonyl (C=O) groups excluding carboxylic acids is 1. The summed E-state index contributed by atoms with van der Waals surface area (Å²) in [7, 11) is 2.76. The molecule has 0 fully saturated rings. The summed E-state index contributed by atoms with van der Waals surface area (Å²) in [6.45, 7) is 0.